The van der Waals surface area contributed by atoms with Crippen molar-refractivity contribution in [2.45, 2.75) is 31.1 Å². The first-order valence-corrected chi connectivity index (χ1v) is 10.6. The van der Waals surface area contributed by atoms with Gasteiger partial charge >= 0.3 is 0 Å². The van der Waals surface area contributed by atoms with Crippen LogP contribution in [0.1, 0.15) is 26.3 Å². The molecule has 0 aliphatic heterocycles. The molecule has 4 rings (SSSR count). The fraction of sp³-hybridized carbons (Fsp3) is 0.190. The third-order valence-corrected chi connectivity index (χ3v) is 5.96. The predicted octanol–water partition coefficient (Wildman–Crippen LogP) is 3.89. The van der Waals surface area contributed by atoms with Gasteiger partial charge in [0.25, 0.3) is 10.0 Å². The van der Waals surface area contributed by atoms with Crippen molar-refractivity contribution in [1.29, 1.82) is 0 Å². The van der Waals surface area contributed by atoms with Crippen LogP contribution in [0.15, 0.2) is 72.0 Å². The number of nitrogens with zero attached hydrogens (tertiary/aromatic N) is 4. The van der Waals surface area contributed by atoms with Gasteiger partial charge in [-0.1, -0.05) is 32.9 Å². The molecule has 1 N–H and O–H groups in total. The van der Waals surface area contributed by atoms with Gasteiger partial charge in [0.1, 0.15) is 5.82 Å². The predicted molar refractivity (Wildman–Crippen MR) is 112 cm³/mol. The molecule has 0 unspecified atom stereocenters. The first-order chi connectivity index (χ1) is 13.7. The second-order valence-electron chi connectivity index (χ2n) is 7.75. The second-order valence-corrected chi connectivity index (χ2v) is 9.43. The molecule has 0 fully saturated rings. The van der Waals surface area contributed by atoms with Crippen LogP contribution in [-0.4, -0.2) is 28.0 Å². The van der Waals surface area contributed by atoms with E-state index in [9.17, 15) is 8.42 Å². The highest BCUT2D eigenvalue weighted by molar-refractivity contribution is 7.92. The number of aromatic nitrogens is 4. The maximum Gasteiger partial charge on any atom is 0.263 e. The molecule has 0 spiro atoms. The van der Waals surface area contributed by atoms with Gasteiger partial charge in [0.05, 0.1) is 10.6 Å². The van der Waals surface area contributed by atoms with Crippen LogP contribution in [0.2, 0.25) is 0 Å². The van der Waals surface area contributed by atoms with Gasteiger partial charge in [-0.25, -0.2) is 13.4 Å². The van der Waals surface area contributed by atoms with E-state index in [0.29, 0.717) is 17.2 Å². The zero-order valence-corrected chi connectivity index (χ0v) is 17.2. The highest BCUT2D eigenvalue weighted by Crippen LogP contribution is 2.25. The lowest BCUT2D eigenvalue weighted by Gasteiger charge is -2.19. The normalized spacial score (nSPS) is 12.2. The standard InChI is InChI=1S/C21H21N5O2S/c1-21(2,3)16-6-8-17(9-7-16)29(27,28)25-19-10-12-23-20-13-18(24-26(19)20)15-5-4-11-22-14-15/h4-14,25H,1-3H3. The number of anilines is 1. The van der Waals surface area contributed by atoms with E-state index in [1.165, 1.54) is 4.52 Å². The van der Waals surface area contributed by atoms with Gasteiger partial charge in [-0.3, -0.25) is 9.71 Å². The molecule has 0 amide bonds. The van der Waals surface area contributed by atoms with Gasteiger partial charge in [-0.15, -0.1) is 0 Å². The van der Waals surface area contributed by atoms with Gasteiger partial charge < -0.3 is 0 Å². The van der Waals surface area contributed by atoms with E-state index in [0.717, 1.165) is 11.1 Å². The van der Waals surface area contributed by atoms with Crippen molar-refractivity contribution in [3.05, 3.63) is 72.7 Å². The number of pyridine rings is 1. The molecule has 0 saturated heterocycles. The molecule has 0 atom stereocenters. The Hall–Kier alpha value is -3.26. The SMILES string of the molecule is CC(C)(C)c1ccc(S(=O)(=O)Nc2ccnc3cc(-c4cccnc4)nn23)cc1. The molecule has 3 aromatic heterocycles. The minimum absolute atomic E-state index is 0.0509. The maximum absolute atomic E-state index is 12.9. The zero-order valence-electron chi connectivity index (χ0n) is 16.4. The largest absolute Gasteiger partial charge is 0.264 e. The quantitative estimate of drug-likeness (QED) is 0.554. The number of sulfonamides is 1. The van der Waals surface area contributed by atoms with Crippen LogP contribution in [0.25, 0.3) is 16.9 Å². The summed E-state index contributed by atoms with van der Waals surface area (Å²) < 4.78 is 29.9. The third-order valence-electron chi connectivity index (χ3n) is 4.58. The van der Waals surface area contributed by atoms with Crippen LogP contribution in [0.4, 0.5) is 5.82 Å². The lowest BCUT2D eigenvalue weighted by Crippen LogP contribution is -2.16. The minimum atomic E-state index is -3.77. The fourth-order valence-corrected chi connectivity index (χ4v) is 4.00. The van der Waals surface area contributed by atoms with E-state index in [2.05, 4.69) is 40.6 Å². The van der Waals surface area contributed by atoms with Crippen molar-refractivity contribution in [3.8, 4) is 11.3 Å². The Kier molecular flexibility index (Phi) is 4.58. The van der Waals surface area contributed by atoms with Crippen molar-refractivity contribution in [2.24, 2.45) is 0 Å². The van der Waals surface area contributed by atoms with E-state index in [1.807, 2.05) is 24.3 Å². The number of hydrogen-bond acceptors (Lipinski definition) is 5. The van der Waals surface area contributed by atoms with Gasteiger partial charge in [-0.05, 0) is 41.3 Å². The summed E-state index contributed by atoms with van der Waals surface area (Å²) in [6, 6.07) is 14.0. The molecule has 8 heteroatoms. The molecule has 7 nitrogen and oxygen atoms in total. The number of fused-ring (bicyclic) bond motifs is 1. The minimum Gasteiger partial charge on any atom is -0.264 e. The van der Waals surface area contributed by atoms with Crippen molar-refractivity contribution in [1.82, 2.24) is 19.6 Å². The van der Waals surface area contributed by atoms with Crippen LogP contribution in [0.5, 0.6) is 0 Å². The Morgan fingerprint density at radius 3 is 2.41 bits per heavy atom. The Morgan fingerprint density at radius 2 is 1.76 bits per heavy atom. The smallest absolute Gasteiger partial charge is 0.263 e. The highest BCUT2D eigenvalue weighted by Gasteiger charge is 2.19. The van der Waals surface area contributed by atoms with Crippen molar-refractivity contribution in [3.63, 3.8) is 0 Å². The molecule has 0 bridgehead atoms. The fourth-order valence-electron chi connectivity index (χ4n) is 2.96. The lowest BCUT2D eigenvalue weighted by molar-refractivity contribution is 0.587. The summed E-state index contributed by atoms with van der Waals surface area (Å²) in [6.45, 7) is 6.25. The average Bonchev–Trinajstić information content (AvgIpc) is 3.13. The van der Waals surface area contributed by atoms with Crippen molar-refractivity contribution in [2.75, 3.05) is 4.72 Å². The van der Waals surface area contributed by atoms with Crippen LogP contribution < -0.4 is 4.72 Å². The molecule has 3 heterocycles. The van der Waals surface area contributed by atoms with E-state index < -0.39 is 10.0 Å². The van der Waals surface area contributed by atoms with Crippen LogP contribution in [-0.2, 0) is 15.4 Å². The molecule has 0 saturated carbocycles. The summed E-state index contributed by atoms with van der Waals surface area (Å²) in [5.74, 6) is 0.310. The molecule has 1 aromatic carbocycles. The summed E-state index contributed by atoms with van der Waals surface area (Å²) in [6.07, 6.45) is 4.93. The van der Waals surface area contributed by atoms with E-state index in [4.69, 9.17) is 0 Å². The Balaban J connectivity index is 1.69. The number of hydrogen-bond donors (Lipinski definition) is 1. The molecule has 4 aromatic rings. The van der Waals surface area contributed by atoms with Crippen LogP contribution >= 0.6 is 0 Å². The summed E-state index contributed by atoms with van der Waals surface area (Å²) in [5.41, 5.74) is 3.03. The number of rotatable bonds is 4. The summed E-state index contributed by atoms with van der Waals surface area (Å²) >= 11 is 0. The molecule has 148 valence electrons. The van der Waals surface area contributed by atoms with E-state index >= 15 is 0 Å². The Labute approximate surface area is 169 Å². The third kappa shape index (κ3) is 3.84. The van der Waals surface area contributed by atoms with Gasteiger partial charge in [-0.2, -0.15) is 9.61 Å². The molecule has 0 radical (unpaired) electrons. The average molecular weight is 407 g/mol. The van der Waals surface area contributed by atoms with E-state index in [1.54, 1.807) is 42.9 Å². The summed E-state index contributed by atoms with van der Waals surface area (Å²) in [7, 11) is -3.77. The molecular formula is C21H21N5O2S. The first-order valence-electron chi connectivity index (χ1n) is 9.13. The topological polar surface area (TPSA) is 89.2 Å². The second kappa shape index (κ2) is 6.97. The summed E-state index contributed by atoms with van der Waals surface area (Å²) in [4.78, 5) is 8.56. The number of nitrogens with one attached hydrogen (secondary N) is 1. The lowest BCUT2D eigenvalue weighted by atomic mass is 9.87. The monoisotopic (exact) mass is 407 g/mol. The molecule has 29 heavy (non-hydrogen) atoms. The van der Waals surface area contributed by atoms with Gasteiger partial charge in [0.15, 0.2) is 5.65 Å². The molecule has 0 aliphatic rings. The first kappa shape index (κ1) is 19.1. The Bertz CT molecular complexity index is 1260. The number of benzene rings is 1. The Morgan fingerprint density at radius 1 is 1.00 bits per heavy atom. The van der Waals surface area contributed by atoms with Crippen molar-refractivity contribution < 1.29 is 8.42 Å². The highest BCUT2D eigenvalue weighted by atomic mass is 32.2. The van der Waals surface area contributed by atoms with Gasteiger partial charge in [0, 0.05) is 30.2 Å². The van der Waals surface area contributed by atoms with Crippen LogP contribution in [0, 0.1) is 0 Å². The summed E-state index contributed by atoms with van der Waals surface area (Å²) in [5, 5.41) is 4.49. The molecular weight excluding hydrogens is 386 g/mol. The molecule has 0 aliphatic carbocycles. The van der Waals surface area contributed by atoms with E-state index in [-0.39, 0.29) is 10.3 Å². The van der Waals surface area contributed by atoms with Crippen LogP contribution in [0.3, 0.4) is 0 Å². The maximum atomic E-state index is 12.9. The van der Waals surface area contributed by atoms with Crippen molar-refractivity contribution >= 4 is 21.5 Å². The van der Waals surface area contributed by atoms with Gasteiger partial charge in [0.2, 0.25) is 0 Å². The zero-order chi connectivity index (χ0) is 20.6.